The summed E-state index contributed by atoms with van der Waals surface area (Å²) in [7, 11) is 0. The highest BCUT2D eigenvalue weighted by Crippen LogP contribution is 2.19. The summed E-state index contributed by atoms with van der Waals surface area (Å²) in [6, 6.07) is 4.07. The van der Waals surface area contributed by atoms with E-state index >= 15 is 0 Å². The van der Waals surface area contributed by atoms with Gasteiger partial charge >= 0.3 is 0 Å². The lowest BCUT2D eigenvalue weighted by atomic mass is 10.2. The van der Waals surface area contributed by atoms with E-state index in [1.807, 2.05) is 13.0 Å². The van der Waals surface area contributed by atoms with Gasteiger partial charge in [0.1, 0.15) is 5.82 Å². The van der Waals surface area contributed by atoms with Crippen LogP contribution in [0, 0.1) is 6.92 Å². The van der Waals surface area contributed by atoms with Crippen molar-refractivity contribution >= 4 is 23.1 Å². The number of aryl methyl sites for hydroxylation is 2. The molecule has 0 saturated carbocycles. The highest BCUT2D eigenvalue weighted by molar-refractivity contribution is 7.10. The van der Waals surface area contributed by atoms with E-state index in [9.17, 15) is 0 Å². The minimum atomic E-state index is 0.430. The second-order valence-corrected chi connectivity index (χ2v) is 4.94. The van der Waals surface area contributed by atoms with Gasteiger partial charge in [-0.05, 0) is 30.4 Å². The third-order valence-electron chi connectivity index (χ3n) is 2.63. The molecule has 4 N–H and O–H groups in total. The van der Waals surface area contributed by atoms with Crippen molar-refractivity contribution in [1.29, 1.82) is 0 Å². The van der Waals surface area contributed by atoms with Crippen molar-refractivity contribution in [2.24, 2.45) is 5.84 Å². The molecule has 6 heteroatoms. The van der Waals surface area contributed by atoms with Gasteiger partial charge in [0.05, 0.1) is 6.54 Å². The summed E-state index contributed by atoms with van der Waals surface area (Å²) in [5, 5.41) is 5.42. The molecule has 5 nitrogen and oxygen atoms in total. The van der Waals surface area contributed by atoms with Gasteiger partial charge in [-0.25, -0.2) is 10.8 Å². The van der Waals surface area contributed by atoms with E-state index in [1.54, 1.807) is 11.3 Å². The molecule has 2 aromatic heterocycles. The second-order valence-electron chi connectivity index (χ2n) is 3.94. The molecular weight excluding hydrogens is 246 g/mol. The molecule has 0 aliphatic rings. The van der Waals surface area contributed by atoms with E-state index in [2.05, 4.69) is 39.1 Å². The molecule has 2 rings (SSSR count). The van der Waals surface area contributed by atoms with Crippen LogP contribution in [0.4, 0.5) is 11.8 Å². The molecular formula is C12H17N5S. The number of anilines is 2. The average molecular weight is 263 g/mol. The van der Waals surface area contributed by atoms with Crippen molar-refractivity contribution in [2.75, 3.05) is 10.7 Å². The monoisotopic (exact) mass is 263 g/mol. The highest BCUT2D eigenvalue weighted by atomic mass is 32.1. The van der Waals surface area contributed by atoms with Crippen LogP contribution in [0.3, 0.4) is 0 Å². The summed E-state index contributed by atoms with van der Waals surface area (Å²) >= 11 is 1.76. The Morgan fingerprint density at radius 3 is 2.94 bits per heavy atom. The Morgan fingerprint density at radius 2 is 2.22 bits per heavy atom. The molecule has 0 aliphatic heterocycles. The number of hydrazine groups is 1. The van der Waals surface area contributed by atoms with Gasteiger partial charge in [0.15, 0.2) is 0 Å². The number of aromatic nitrogens is 2. The van der Waals surface area contributed by atoms with Gasteiger partial charge in [0, 0.05) is 16.6 Å². The molecule has 0 spiro atoms. The van der Waals surface area contributed by atoms with Crippen molar-refractivity contribution in [3.63, 3.8) is 0 Å². The maximum Gasteiger partial charge on any atom is 0.239 e. The standard InChI is InChI=1S/C12H17N5S/c1-3-9-4-5-18-10(9)7-14-11-6-8(2)15-12(16-11)17-13/h4-6H,3,7,13H2,1-2H3,(H2,14,15,16,17). The van der Waals surface area contributed by atoms with E-state index in [0.29, 0.717) is 5.95 Å². The Balaban J connectivity index is 2.08. The van der Waals surface area contributed by atoms with Crippen molar-refractivity contribution < 1.29 is 0 Å². The maximum atomic E-state index is 5.32. The summed E-state index contributed by atoms with van der Waals surface area (Å²) in [5.41, 5.74) is 4.73. The number of nitrogens with two attached hydrogens (primary N) is 1. The fourth-order valence-corrected chi connectivity index (χ4v) is 2.65. The van der Waals surface area contributed by atoms with E-state index in [-0.39, 0.29) is 0 Å². The van der Waals surface area contributed by atoms with Gasteiger partial charge in [0.2, 0.25) is 5.95 Å². The van der Waals surface area contributed by atoms with Crippen LogP contribution >= 0.6 is 11.3 Å². The third kappa shape index (κ3) is 2.96. The molecule has 96 valence electrons. The Kier molecular flexibility index (Phi) is 4.11. The minimum absolute atomic E-state index is 0.430. The van der Waals surface area contributed by atoms with Crippen LogP contribution in [-0.4, -0.2) is 9.97 Å². The molecule has 0 unspecified atom stereocenters. The molecule has 18 heavy (non-hydrogen) atoms. The first-order valence-electron chi connectivity index (χ1n) is 5.84. The lowest BCUT2D eigenvalue weighted by Gasteiger charge is -2.08. The number of nitrogens with one attached hydrogen (secondary N) is 2. The molecule has 0 saturated heterocycles. The zero-order chi connectivity index (χ0) is 13.0. The number of nitrogen functional groups attached to an aromatic ring is 1. The van der Waals surface area contributed by atoms with Crippen LogP contribution in [0.2, 0.25) is 0 Å². The number of thiophene rings is 1. The first-order valence-corrected chi connectivity index (χ1v) is 6.72. The molecule has 2 heterocycles. The molecule has 0 amide bonds. The van der Waals surface area contributed by atoms with Crippen LogP contribution < -0.4 is 16.6 Å². The fraction of sp³-hybridized carbons (Fsp3) is 0.333. The van der Waals surface area contributed by atoms with E-state index in [0.717, 1.165) is 24.5 Å². The zero-order valence-corrected chi connectivity index (χ0v) is 11.3. The Labute approximate surface area is 110 Å². The topological polar surface area (TPSA) is 75.9 Å². The van der Waals surface area contributed by atoms with E-state index < -0.39 is 0 Å². The summed E-state index contributed by atoms with van der Waals surface area (Å²) in [4.78, 5) is 9.74. The molecule has 0 radical (unpaired) electrons. The van der Waals surface area contributed by atoms with Gasteiger partial charge in [-0.3, -0.25) is 5.43 Å². The lowest BCUT2D eigenvalue weighted by molar-refractivity contribution is 1.03. The number of hydrogen-bond donors (Lipinski definition) is 3. The van der Waals surface area contributed by atoms with Gasteiger partial charge in [0.25, 0.3) is 0 Å². The minimum Gasteiger partial charge on any atom is -0.365 e. The van der Waals surface area contributed by atoms with Crippen LogP contribution in [-0.2, 0) is 13.0 Å². The molecule has 0 fully saturated rings. The normalized spacial score (nSPS) is 10.4. The third-order valence-corrected chi connectivity index (χ3v) is 3.60. The molecule has 0 bridgehead atoms. The Bertz CT molecular complexity index is 523. The SMILES string of the molecule is CCc1ccsc1CNc1cc(C)nc(NN)n1. The number of nitrogens with zero attached hydrogens (tertiary/aromatic N) is 2. The summed E-state index contributed by atoms with van der Waals surface area (Å²) in [5.74, 6) is 6.54. The van der Waals surface area contributed by atoms with E-state index in [4.69, 9.17) is 5.84 Å². The largest absolute Gasteiger partial charge is 0.365 e. The van der Waals surface area contributed by atoms with Crippen molar-refractivity contribution in [2.45, 2.75) is 26.8 Å². The fourth-order valence-electron chi connectivity index (χ4n) is 1.73. The average Bonchev–Trinajstić information content (AvgIpc) is 2.83. The summed E-state index contributed by atoms with van der Waals surface area (Å²) < 4.78 is 0. The first kappa shape index (κ1) is 12.8. The lowest BCUT2D eigenvalue weighted by Crippen LogP contribution is -2.12. The Hall–Kier alpha value is -1.66. The molecule has 2 aromatic rings. The maximum absolute atomic E-state index is 5.32. The van der Waals surface area contributed by atoms with Crippen molar-refractivity contribution in [3.05, 3.63) is 33.6 Å². The van der Waals surface area contributed by atoms with Crippen molar-refractivity contribution in [1.82, 2.24) is 9.97 Å². The van der Waals surface area contributed by atoms with Crippen LogP contribution in [0.15, 0.2) is 17.5 Å². The zero-order valence-electron chi connectivity index (χ0n) is 10.5. The molecule has 0 aromatic carbocycles. The first-order chi connectivity index (χ1) is 8.72. The predicted molar refractivity (Wildman–Crippen MR) is 75.6 cm³/mol. The van der Waals surface area contributed by atoms with Crippen LogP contribution in [0.25, 0.3) is 0 Å². The molecule has 0 atom stereocenters. The van der Waals surface area contributed by atoms with Gasteiger partial charge in [-0.2, -0.15) is 4.98 Å². The predicted octanol–water partition coefficient (Wildman–Crippen LogP) is 2.31. The van der Waals surface area contributed by atoms with Crippen LogP contribution in [0.5, 0.6) is 0 Å². The van der Waals surface area contributed by atoms with Gasteiger partial charge in [-0.1, -0.05) is 6.92 Å². The quantitative estimate of drug-likeness (QED) is 0.570. The van der Waals surface area contributed by atoms with Crippen LogP contribution in [0.1, 0.15) is 23.1 Å². The van der Waals surface area contributed by atoms with E-state index in [1.165, 1.54) is 10.4 Å². The smallest absolute Gasteiger partial charge is 0.239 e. The summed E-state index contributed by atoms with van der Waals surface area (Å²) in [6.07, 6.45) is 1.05. The summed E-state index contributed by atoms with van der Waals surface area (Å²) in [6.45, 7) is 4.86. The second kappa shape index (κ2) is 5.79. The molecule has 0 aliphatic carbocycles. The number of rotatable bonds is 5. The van der Waals surface area contributed by atoms with Crippen molar-refractivity contribution in [3.8, 4) is 0 Å². The highest BCUT2D eigenvalue weighted by Gasteiger charge is 2.04. The van der Waals surface area contributed by atoms with Gasteiger partial charge in [-0.15, -0.1) is 11.3 Å². The van der Waals surface area contributed by atoms with Gasteiger partial charge < -0.3 is 5.32 Å². The Morgan fingerprint density at radius 1 is 1.39 bits per heavy atom. The number of hydrogen-bond acceptors (Lipinski definition) is 6.